The van der Waals surface area contributed by atoms with Crippen molar-refractivity contribution in [1.82, 2.24) is 0 Å². The molecule has 4 nitrogen and oxygen atoms in total. The Labute approximate surface area is 113 Å². The first-order valence-electron chi connectivity index (χ1n) is 6.50. The predicted molar refractivity (Wildman–Crippen MR) is 72.9 cm³/mol. The lowest BCUT2D eigenvalue weighted by Crippen LogP contribution is -2.33. The molecule has 1 saturated carbocycles. The zero-order valence-electron chi connectivity index (χ0n) is 11.5. The SMILES string of the molecule is CCN(C(=O)C1C(C(=O)O)C1(C)C)c1ccccc1. The van der Waals surface area contributed by atoms with Gasteiger partial charge in [-0.3, -0.25) is 9.59 Å². The minimum Gasteiger partial charge on any atom is -0.481 e. The maximum Gasteiger partial charge on any atom is 0.307 e. The van der Waals surface area contributed by atoms with Crippen molar-refractivity contribution in [3.8, 4) is 0 Å². The number of hydrogen-bond acceptors (Lipinski definition) is 2. The summed E-state index contributed by atoms with van der Waals surface area (Å²) in [6, 6.07) is 9.37. The molecular formula is C15H19NO3. The molecular weight excluding hydrogens is 242 g/mol. The van der Waals surface area contributed by atoms with Crippen LogP contribution < -0.4 is 4.90 Å². The predicted octanol–water partition coefficient (Wildman–Crippen LogP) is 2.40. The summed E-state index contributed by atoms with van der Waals surface area (Å²) in [4.78, 5) is 25.4. The van der Waals surface area contributed by atoms with Crippen LogP contribution in [0.5, 0.6) is 0 Å². The number of carboxylic acid groups (broad SMARTS) is 1. The van der Waals surface area contributed by atoms with Crippen LogP contribution in [0.15, 0.2) is 30.3 Å². The third-order valence-corrected chi connectivity index (χ3v) is 4.01. The fourth-order valence-electron chi connectivity index (χ4n) is 2.80. The number of carbonyl (C=O) groups is 2. The lowest BCUT2D eigenvalue weighted by molar-refractivity contribution is -0.140. The summed E-state index contributed by atoms with van der Waals surface area (Å²) in [6.45, 7) is 6.12. The van der Waals surface area contributed by atoms with Crippen LogP contribution in [0.4, 0.5) is 5.69 Å². The van der Waals surface area contributed by atoms with E-state index in [1.165, 1.54) is 0 Å². The zero-order valence-corrected chi connectivity index (χ0v) is 11.5. The van der Waals surface area contributed by atoms with Gasteiger partial charge >= 0.3 is 5.97 Å². The molecule has 1 aliphatic carbocycles. The van der Waals surface area contributed by atoms with E-state index < -0.39 is 23.2 Å². The average Bonchev–Trinajstić information content (AvgIpc) is 2.94. The van der Waals surface area contributed by atoms with Crippen molar-refractivity contribution >= 4 is 17.6 Å². The number of anilines is 1. The Morgan fingerprint density at radius 1 is 1.21 bits per heavy atom. The van der Waals surface area contributed by atoms with Crippen LogP contribution in [0.1, 0.15) is 20.8 Å². The molecule has 1 amide bonds. The first-order valence-corrected chi connectivity index (χ1v) is 6.50. The van der Waals surface area contributed by atoms with Gasteiger partial charge < -0.3 is 10.0 Å². The number of hydrogen-bond donors (Lipinski definition) is 1. The first-order chi connectivity index (χ1) is 8.91. The van der Waals surface area contributed by atoms with Crippen LogP contribution in [0.2, 0.25) is 0 Å². The van der Waals surface area contributed by atoms with Gasteiger partial charge in [0.25, 0.3) is 0 Å². The summed E-state index contributed by atoms with van der Waals surface area (Å²) in [5.74, 6) is -1.97. The highest BCUT2D eigenvalue weighted by Crippen LogP contribution is 2.59. The summed E-state index contributed by atoms with van der Waals surface area (Å²) in [5, 5.41) is 9.16. The summed E-state index contributed by atoms with van der Waals surface area (Å²) >= 11 is 0. The van der Waals surface area contributed by atoms with Gasteiger partial charge in [0.05, 0.1) is 11.8 Å². The second-order valence-corrected chi connectivity index (χ2v) is 5.53. The van der Waals surface area contributed by atoms with Crippen LogP contribution in [0.3, 0.4) is 0 Å². The summed E-state index contributed by atoms with van der Waals surface area (Å²) in [5.41, 5.74) is 0.368. The Morgan fingerprint density at radius 2 is 1.79 bits per heavy atom. The quantitative estimate of drug-likeness (QED) is 0.905. The van der Waals surface area contributed by atoms with Gasteiger partial charge in [-0.25, -0.2) is 0 Å². The van der Waals surface area contributed by atoms with Crippen molar-refractivity contribution in [2.75, 3.05) is 11.4 Å². The molecule has 4 heteroatoms. The Kier molecular flexibility index (Phi) is 3.35. The molecule has 1 aromatic carbocycles. The Balaban J connectivity index is 2.22. The van der Waals surface area contributed by atoms with Crippen molar-refractivity contribution in [2.45, 2.75) is 20.8 Å². The van der Waals surface area contributed by atoms with Crippen LogP contribution in [-0.2, 0) is 9.59 Å². The van der Waals surface area contributed by atoms with E-state index in [-0.39, 0.29) is 5.91 Å². The molecule has 0 spiro atoms. The number of rotatable bonds is 4. The molecule has 1 fully saturated rings. The second-order valence-electron chi connectivity index (χ2n) is 5.53. The molecule has 1 aromatic rings. The zero-order chi connectivity index (χ0) is 14.2. The van der Waals surface area contributed by atoms with Crippen molar-refractivity contribution in [2.24, 2.45) is 17.3 Å². The third-order valence-electron chi connectivity index (χ3n) is 4.01. The number of aliphatic carboxylic acids is 1. The van der Waals surface area contributed by atoms with E-state index in [9.17, 15) is 9.59 Å². The smallest absolute Gasteiger partial charge is 0.307 e. The van der Waals surface area contributed by atoms with Gasteiger partial charge in [-0.15, -0.1) is 0 Å². The van der Waals surface area contributed by atoms with Crippen LogP contribution in [0, 0.1) is 17.3 Å². The summed E-state index contributed by atoms with van der Waals surface area (Å²) in [6.07, 6.45) is 0. The van der Waals surface area contributed by atoms with Gasteiger partial charge in [-0.2, -0.15) is 0 Å². The van der Waals surface area contributed by atoms with E-state index in [4.69, 9.17) is 5.11 Å². The standard InChI is InChI=1S/C15H19NO3/c1-4-16(10-8-6-5-7-9-10)13(17)11-12(14(18)19)15(11,2)3/h5-9,11-12H,4H2,1-3H3,(H,18,19). The van der Waals surface area contributed by atoms with Crippen molar-refractivity contribution in [1.29, 1.82) is 0 Å². The van der Waals surface area contributed by atoms with Gasteiger partial charge in [-0.1, -0.05) is 32.0 Å². The molecule has 2 atom stereocenters. The normalized spacial score (nSPS) is 23.7. The van der Waals surface area contributed by atoms with Gasteiger partial charge in [0.2, 0.25) is 5.91 Å². The number of para-hydroxylation sites is 1. The van der Waals surface area contributed by atoms with Crippen LogP contribution >= 0.6 is 0 Å². The van der Waals surface area contributed by atoms with E-state index in [0.29, 0.717) is 6.54 Å². The lowest BCUT2D eigenvalue weighted by Gasteiger charge is -2.21. The Bertz CT molecular complexity index is 495. The fourth-order valence-corrected chi connectivity index (χ4v) is 2.80. The average molecular weight is 261 g/mol. The number of benzene rings is 1. The highest BCUT2D eigenvalue weighted by Gasteiger charge is 2.66. The highest BCUT2D eigenvalue weighted by molar-refractivity contribution is 6.01. The van der Waals surface area contributed by atoms with E-state index >= 15 is 0 Å². The van der Waals surface area contributed by atoms with Gasteiger partial charge in [-0.05, 0) is 24.5 Å². The highest BCUT2D eigenvalue weighted by atomic mass is 16.4. The molecule has 102 valence electrons. The number of carbonyl (C=O) groups excluding carboxylic acids is 1. The third kappa shape index (κ3) is 2.23. The Hall–Kier alpha value is -1.84. The lowest BCUT2D eigenvalue weighted by atomic mass is 10.1. The topological polar surface area (TPSA) is 57.6 Å². The fraction of sp³-hybridized carbons (Fsp3) is 0.467. The Morgan fingerprint density at radius 3 is 2.21 bits per heavy atom. The summed E-state index contributed by atoms with van der Waals surface area (Å²) < 4.78 is 0. The van der Waals surface area contributed by atoms with Crippen LogP contribution in [-0.4, -0.2) is 23.5 Å². The largest absolute Gasteiger partial charge is 0.481 e. The molecule has 1 N–H and O–H groups in total. The van der Waals surface area contributed by atoms with Gasteiger partial charge in [0.15, 0.2) is 0 Å². The minimum absolute atomic E-state index is 0.0916. The van der Waals surface area contributed by atoms with Gasteiger partial charge in [0, 0.05) is 12.2 Å². The van der Waals surface area contributed by atoms with E-state index in [0.717, 1.165) is 5.69 Å². The van der Waals surface area contributed by atoms with Crippen molar-refractivity contribution < 1.29 is 14.7 Å². The minimum atomic E-state index is -0.882. The monoisotopic (exact) mass is 261 g/mol. The van der Waals surface area contributed by atoms with Crippen molar-refractivity contribution in [3.05, 3.63) is 30.3 Å². The summed E-state index contributed by atoms with van der Waals surface area (Å²) in [7, 11) is 0. The number of nitrogens with zero attached hydrogens (tertiary/aromatic N) is 1. The second kappa shape index (κ2) is 4.68. The van der Waals surface area contributed by atoms with E-state index in [1.54, 1.807) is 4.90 Å². The number of carboxylic acids is 1. The maximum atomic E-state index is 12.5. The molecule has 0 saturated heterocycles. The molecule has 2 rings (SSSR count). The van der Waals surface area contributed by atoms with Crippen LogP contribution in [0.25, 0.3) is 0 Å². The molecule has 0 heterocycles. The van der Waals surface area contributed by atoms with E-state index in [1.807, 2.05) is 51.1 Å². The van der Waals surface area contributed by atoms with Gasteiger partial charge in [0.1, 0.15) is 0 Å². The number of amides is 1. The van der Waals surface area contributed by atoms with E-state index in [2.05, 4.69) is 0 Å². The molecule has 0 aliphatic heterocycles. The molecule has 19 heavy (non-hydrogen) atoms. The van der Waals surface area contributed by atoms with Crippen molar-refractivity contribution in [3.63, 3.8) is 0 Å². The molecule has 2 unspecified atom stereocenters. The molecule has 1 aliphatic rings. The molecule has 0 bridgehead atoms. The first kappa shape index (κ1) is 13.6. The molecule has 0 radical (unpaired) electrons. The molecule has 0 aromatic heterocycles. The maximum absolute atomic E-state index is 12.5.